The highest BCUT2D eigenvalue weighted by atomic mass is 35.5. The number of anilines is 1. The quantitative estimate of drug-likeness (QED) is 0.415. The van der Waals surface area contributed by atoms with Crippen molar-refractivity contribution in [1.82, 2.24) is 9.78 Å². The molecule has 0 bridgehead atoms. The molecule has 30 heavy (non-hydrogen) atoms. The molecule has 0 aliphatic heterocycles. The van der Waals surface area contributed by atoms with Gasteiger partial charge in [-0.25, -0.2) is 0 Å². The van der Waals surface area contributed by atoms with Gasteiger partial charge in [0.1, 0.15) is 10.6 Å². The molecular weight excluding hydrogens is 418 g/mol. The van der Waals surface area contributed by atoms with Crippen LogP contribution in [0.25, 0.3) is 10.1 Å². The Balaban J connectivity index is 1.62. The lowest BCUT2D eigenvalue weighted by Gasteiger charge is -2.09. The number of methoxy groups -OCH3 is 1. The van der Waals surface area contributed by atoms with Crippen LogP contribution in [0, 0.1) is 20.8 Å². The predicted molar refractivity (Wildman–Crippen MR) is 123 cm³/mol. The summed E-state index contributed by atoms with van der Waals surface area (Å²) in [5.74, 6) is 0.498. The molecule has 2 heterocycles. The van der Waals surface area contributed by atoms with Gasteiger partial charge in [0, 0.05) is 10.1 Å². The molecule has 0 saturated carbocycles. The van der Waals surface area contributed by atoms with Gasteiger partial charge in [0.2, 0.25) is 0 Å². The summed E-state index contributed by atoms with van der Waals surface area (Å²) < 4.78 is 8.10. The van der Waals surface area contributed by atoms with Crippen molar-refractivity contribution in [1.29, 1.82) is 0 Å². The Morgan fingerprint density at radius 1 is 1.20 bits per heavy atom. The molecule has 7 heteroatoms. The van der Waals surface area contributed by atoms with E-state index in [1.54, 1.807) is 7.11 Å². The fourth-order valence-electron chi connectivity index (χ4n) is 3.47. The van der Waals surface area contributed by atoms with Gasteiger partial charge in [-0.15, -0.1) is 11.3 Å². The van der Waals surface area contributed by atoms with E-state index in [1.807, 2.05) is 48.9 Å². The van der Waals surface area contributed by atoms with Crippen LogP contribution in [-0.4, -0.2) is 22.8 Å². The van der Waals surface area contributed by atoms with E-state index in [-0.39, 0.29) is 5.91 Å². The topological polar surface area (TPSA) is 56.1 Å². The van der Waals surface area contributed by atoms with Crippen molar-refractivity contribution in [2.75, 3.05) is 12.4 Å². The van der Waals surface area contributed by atoms with E-state index >= 15 is 0 Å². The number of aryl methyl sites for hydroxylation is 2. The Hall–Kier alpha value is -2.83. The number of hydrogen-bond acceptors (Lipinski definition) is 4. The number of ether oxygens (including phenoxy) is 1. The monoisotopic (exact) mass is 439 g/mol. The molecule has 1 amide bonds. The largest absolute Gasteiger partial charge is 0.497 e. The van der Waals surface area contributed by atoms with E-state index in [1.165, 1.54) is 22.5 Å². The first-order valence-electron chi connectivity index (χ1n) is 9.55. The number of benzene rings is 2. The molecule has 0 aliphatic carbocycles. The van der Waals surface area contributed by atoms with Crippen LogP contribution < -0.4 is 10.1 Å². The summed E-state index contributed by atoms with van der Waals surface area (Å²) in [4.78, 5) is 13.5. The second kappa shape index (κ2) is 8.13. The summed E-state index contributed by atoms with van der Waals surface area (Å²) in [5, 5.41) is 8.96. The van der Waals surface area contributed by atoms with Gasteiger partial charge < -0.3 is 10.1 Å². The molecule has 2 aromatic carbocycles. The maximum atomic E-state index is 13.0. The minimum Gasteiger partial charge on any atom is -0.497 e. The Bertz CT molecular complexity index is 1260. The number of halogens is 1. The van der Waals surface area contributed by atoms with Gasteiger partial charge in [0.15, 0.2) is 0 Å². The third kappa shape index (κ3) is 3.68. The van der Waals surface area contributed by atoms with Crippen molar-refractivity contribution in [3.05, 3.63) is 74.9 Å². The fraction of sp³-hybridized carbons (Fsp3) is 0.217. The molecule has 4 rings (SSSR count). The fourth-order valence-corrected chi connectivity index (χ4v) is 4.91. The van der Waals surface area contributed by atoms with Gasteiger partial charge in [-0.2, -0.15) is 5.10 Å². The Morgan fingerprint density at radius 2 is 1.97 bits per heavy atom. The zero-order valence-electron chi connectivity index (χ0n) is 17.2. The van der Waals surface area contributed by atoms with Gasteiger partial charge >= 0.3 is 0 Å². The molecule has 2 aromatic heterocycles. The zero-order valence-corrected chi connectivity index (χ0v) is 18.8. The second-order valence-electron chi connectivity index (χ2n) is 7.19. The number of fused-ring (bicyclic) bond motifs is 1. The molecule has 5 nitrogen and oxygen atoms in total. The molecule has 0 spiro atoms. The van der Waals surface area contributed by atoms with Crippen molar-refractivity contribution in [2.45, 2.75) is 27.3 Å². The normalized spacial score (nSPS) is 11.1. The number of nitrogens with one attached hydrogen (secondary N) is 1. The SMILES string of the molecule is COc1ccc2c(Cl)c(C(=O)Nc3c(C)nn(Cc4ccccc4C)c3C)sc2c1. The Labute approximate surface area is 184 Å². The lowest BCUT2D eigenvalue weighted by atomic mass is 10.1. The molecule has 154 valence electrons. The molecule has 0 unspecified atom stereocenters. The third-order valence-corrected chi connectivity index (χ3v) is 6.90. The number of thiophene rings is 1. The molecule has 0 atom stereocenters. The number of rotatable bonds is 5. The lowest BCUT2D eigenvalue weighted by molar-refractivity contribution is 0.103. The maximum Gasteiger partial charge on any atom is 0.267 e. The molecule has 1 N–H and O–H groups in total. The molecule has 0 radical (unpaired) electrons. The van der Waals surface area contributed by atoms with Gasteiger partial charge in [-0.05, 0) is 50.1 Å². The standard InChI is InChI=1S/C23H22ClN3O2S/c1-13-7-5-6-8-16(13)12-27-15(3)21(14(2)26-27)25-23(28)22-20(24)18-10-9-17(29-4)11-19(18)30-22/h5-11H,12H2,1-4H3,(H,25,28). The number of amides is 1. The van der Waals surface area contributed by atoms with Crippen molar-refractivity contribution >= 4 is 44.6 Å². The van der Waals surface area contributed by atoms with E-state index in [0.717, 1.165) is 32.9 Å². The predicted octanol–water partition coefficient (Wildman–Crippen LogP) is 5.99. The molecule has 0 aliphatic rings. The van der Waals surface area contributed by atoms with Crippen molar-refractivity contribution in [2.24, 2.45) is 0 Å². The summed E-state index contributed by atoms with van der Waals surface area (Å²) in [6.07, 6.45) is 0. The number of carbonyl (C=O) groups excluding carboxylic acids is 1. The van der Waals surface area contributed by atoms with Crippen LogP contribution in [0.4, 0.5) is 5.69 Å². The van der Waals surface area contributed by atoms with Crippen molar-refractivity contribution in [3.8, 4) is 5.75 Å². The van der Waals surface area contributed by atoms with E-state index in [0.29, 0.717) is 16.4 Å². The van der Waals surface area contributed by atoms with Crippen molar-refractivity contribution < 1.29 is 9.53 Å². The van der Waals surface area contributed by atoms with Crippen LogP contribution >= 0.6 is 22.9 Å². The molecule has 0 saturated heterocycles. The first kappa shape index (κ1) is 20.4. The number of carbonyl (C=O) groups is 1. The first-order chi connectivity index (χ1) is 14.4. The Kier molecular flexibility index (Phi) is 5.54. The summed E-state index contributed by atoms with van der Waals surface area (Å²) >= 11 is 7.86. The third-order valence-electron chi connectivity index (χ3n) is 5.24. The van der Waals surface area contributed by atoms with Crippen LogP contribution in [0.3, 0.4) is 0 Å². The number of hydrogen-bond donors (Lipinski definition) is 1. The van der Waals surface area contributed by atoms with E-state index in [4.69, 9.17) is 16.3 Å². The minimum atomic E-state index is -0.234. The average Bonchev–Trinajstić information content (AvgIpc) is 3.20. The smallest absolute Gasteiger partial charge is 0.267 e. The Morgan fingerprint density at radius 3 is 2.70 bits per heavy atom. The number of nitrogens with zero attached hydrogens (tertiary/aromatic N) is 2. The summed E-state index contributed by atoms with van der Waals surface area (Å²) in [6.45, 7) is 6.60. The average molecular weight is 440 g/mol. The van der Waals surface area contributed by atoms with Crippen LogP contribution in [0.15, 0.2) is 42.5 Å². The second-order valence-corrected chi connectivity index (χ2v) is 8.62. The highest BCUT2D eigenvalue weighted by Crippen LogP contribution is 2.38. The van der Waals surface area contributed by atoms with Crippen LogP contribution in [0.5, 0.6) is 5.75 Å². The van der Waals surface area contributed by atoms with Gasteiger partial charge in [-0.1, -0.05) is 35.9 Å². The maximum absolute atomic E-state index is 13.0. The van der Waals surface area contributed by atoms with Crippen molar-refractivity contribution in [3.63, 3.8) is 0 Å². The molecule has 4 aromatic rings. The lowest BCUT2D eigenvalue weighted by Crippen LogP contribution is -2.12. The molecular formula is C23H22ClN3O2S. The highest BCUT2D eigenvalue weighted by molar-refractivity contribution is 7.21. The van der Waals surface area contributed by atoms with E-state index < -0.39 is 0 Å². The van der Waals surface area contributed by atoms with Crippen LogP contribution in [0.1, 0.15) is 32.2 Å². The van der Waals surface area contributed by atoms with Gasteiger partial charge in [-0.3, -0.25) is 9.48 Å². The van der Waals surface area contributed by atoms with Gasteiger partial charge in [0.25, 0.3) is 5.91 Å². The van der Waals surface area contributed by atoms with E-state index in [2.05, 4.69) is 29.5 Å². The van der Waals surface area contributed by atoms with Gasteiger partial charge in [0.05, 0.1) is 35.8 Å². The first-order valence-corrected chi connectivity index (χ1v) is 10.7. The minimum absolute atomic E-state index is 0.234. The summed E-state index contributed by atoms with van der Waals surface area (Å²) in [7, 11) is 1.62. The summed E-state index contributed by atoms with van der Waals surface area (Å²) in [5.41, 5.74) is 4.81. The number of aromatic nitrogens is 2. The summed E-state index contributed by atoms with van der Waals surface area (Å²) in [6, 6.07) is 13.8. The highest BCUT2D eigenvalue weighted by Gasteiger charge is 2.21. The van der Waals surface area contributed by atoms with E-state index in [9.17, 15) is 4.79 Å². The molecule has 0 fully saturated rings. The van der Waals surface area contributed by atoms with Crippen LogP contribution in [-0.2, 0) is 6.54 Å². The zero-order chi connectivity index (χ0) is 21.4. The van der Waals surface area contributed by atoms with Crippen LogP contribution in [0.2, 0.25) is 5.02 Å².